The number of carbonyl (C=O) groups excluding carboxylic acids is 1. The van der Waals surface area contributed by atoms with Crippen molar-refractivity contribution in [2.75, 3.05) is 31.1 Å². The van der Waals surface area contributed by atoms with E-state index in [0.717, 1.165) is 30.2 Å². The molecule has 0 radical (unpaired) electrons. The number of aryl methyl sites for hydroxylation is 2. The molecule has 5 rings (SSSR count). The van der Waals surface area contributed by atoms with Crippen molar-refractivity contribution >= 4 is 23.2 Å². The van der Waals surface area contributed by atoms with Gasteiger partial charge in [-0.2, -0.15) is 5.10 Å². The van der Waals surface area contributed by atoms with Crippen LogP contribution >= 0.6 is 11.6 Å². The van der Waals surface area contributed by atoms with Crippen molar-refractivity contribution in [1.82, 2.24) is 19.2 Å². The number of aromatic nitrogens is 3. The van der Waals surface area contributed by atoms with Crippen LogP contribution in [0.4, 0.5) is 5.69 Å². The zero-order valence-corrected chi connectivity index (χ0v) is 19.5. The first-order valence-corrected chi connectivity index (χ1v) is 11.5. The van der Waals surface area contributed by atoms with Crippen LogP contribution < -0.4 is 4.90 Å². The normalized spacial score (nSPS) is 14.0. The highest BCUT2D eigenvalue weighted by atomic mass is 35.5. The number of carbonyl (C=O) groups is 1. The Labute approximate surface area is 198 Å². The molecule has 2 aromatic carbocycles. The summed E-state index contributed by atoms with van der Waals surface area (Å²) in [7, 11) is 1.98. The second-order valence-electron chi connectivity index (χ2n) is 8.37. The molecule has 2 aromatic heterocycles. The van der Waals surface area contributed by atoms with Crippen LogP contribution in [0.1, 0.15) is 16.1 Å². The Bertz CT molecular complexity index is 1280. The first kappa shape index (κ1) is 21.3. The van der Waals surface area contributed by atoms with Gasteiger partial charge < -0.3 is 14.4 Å². The van der Waals surface area contributed by atoms with Crippen molar-refractivity contribution in [2.45, 2.75) is 6.92 Å². The summed E-state index contributed by atoms with van der Waals surface area (Å²) in [4.78, 5) is 17.9. The standard InChI is InChI=1S/C26H26ClN5O/c1-19-6-3-4-7-23(19)30-14-16-31(17-15-30)26(33)25-18-22(24-8-5-13-29(24)2)28-32(25)21-11-9-20(27)10-12-21/h3-13,18H,14-17H2,1-2H3. The Balaban J connectivity index is 1.44. The van der Waals surface area contributed by atoms with Crippen LogP contribution in [0, 0.1) is 6.92 Å². The summed E-state index contributed by atoms with van der Waals surface area (Å²) in [5, 5.41) is 5.45. The number of benzene rings is 2. The molecule has 1 saturated heterocycles. The molecule has 33 heavy (non-hydrogen) atoms. The largest absolute Gasteiger partial charge is 0.368 e. The molecule has 168 valence electrons. The smallest absolute Gasteiger partial charge is 0.272 e. The third kappa shape index (κ3) is 4.14. The van der Waals surface area contributed by atoms with E-state index in [0.29, 0.717) is 23.8 Å². The molecule has 1 amide bonds. The molecule has 6 nitrogen and oxygen atoms in total. The minimum absolute atomic E-state index is 0.0117. The van der Waals surface area contributed by atoms with E-state index in [1.807, 2.05) is 65.2 Å². The van der Waals surface area contributed by atoms with Gasteiger partial charge in [0.2, 0.25) is 0 Å². The molecule has 0 unspecified atom stereocenters. The first-order valence-electron chi connectivity index (χ1n) is 11.1. The highest BCUT2D eigenvalue weighted by Crippen LogP contribution is 2.25. The lowest BCUT2D eigenvalue weighted by atomic mass is 10.1. The van der Waals surface area contributed by atoms with Gasteiger partial charge in [0.05, 0.1) is 11.4 Å². The lowest BCUT2D eigenvalue weighted by Crippen LogP contribution is -2.49. The summed E-state index contributed by atoms with van der Waals surface area (Å²) in [5.74, 6) is -0.0117. The third-order valence-electron chi connectivity index (χ3n) is 6.23. The molecule has 1 aliphatic heterocycles. The van der Waals surface area contributed by atoms with Crippen LogP contribution in [0.25, 0.3) is 17.1 Å². The van der Waals surface area contributed by atoms with Crippen molar-refractivity contribution in [3.63, 3.8) is 0 Å². The van der Waals surface area contributed by atoms with Crippen molar-refractivity contribution in [2.24, 2.45) is 7.05 Å². The van der Waals surface area contributed by atoms with Crippen molar-refractivity contribution < 1.29 is 4.79 Å². The summed E-state index contributed by atoms with van der Waals surface area (Å²) in [6, 6.07) is 21.7. The van der Waals surface area contributed by atoms with Gasteiger partial charge in [-0.15, -0.1) is 0 Å². The maximum atomic E-state index is 13.7. The van der Waals surface area contributed by atoms with E-state index >= 15 is 0 Å². The number of piperazine rings is 1. The molecule has 1 fully saturated rings. The Morgan fingerprint density at radius 2 is 1.67 bits per heavy atom. The van der Waals surface area contributed by atoms with E-state index in [2.05, 4.69) is 36.1 Å². The highest BCUT2D eigenvalue weighted by Gasteiger charge is 2.27. The average Bonchev–Trinajstić information content (AvgIpc) is 3.46. The zero-order valence-electron chi connectivity index (χ0n) is 18.8. The Morgan fingerprint density at radius 1 is 0.939 bits per heavy atom. The number of anilines is 1. The minimum atomic E-state index is -0.0117. The molecular weight excluding hydrogens is 434 g/mol. The van der Waals surface area contributed by atoms with Gasteiger partial charge in [0, 0.05) is 50.1 Å². The van der Waals surface area contributed by atoms with E-state index in [9.17, 15) is 4.79 Å². The second kappa shape index (κ2) is 8.79. The van der Waals surface area contributed by atoms with Gasteiger partial charge in [0.1, 0.15) is 11.4 Å². The minimum Gasteiger partial charge on any atom is -0.368 e. The van der Waals surface area contributed by atoms with E-state index < -0.39 is 0 Å². The fourth-order valence-electron chi connectivity index (χ4n) is 4.40. The van der Waals surface area contributed by atoms with Gasteiger partial charge >= 0.3 is 0 Å². The van der Waals surface area contributed by atoms with E-state index in [-0.39, 0.29) is 5.91 Å². The quantitative estimate of drug-likeness (QED) is 0.440. The van der Waals surface area contributed by atoms with Crippen molar-refractivity contribution in [3.05, 3.63) is 89.2 Å². The Morgan fingerprint density at radius 3 is 2.33 bits per heavy atom. The maximum Gasteiger partial charge on any atom is 0.272 e. The van der Waals surface area contributed by atoms with Crippen molar-refractivity contribution in [1.29, 1.82) is 0 Å². The topological polar surface area (TPSA) is 46.3 Å². The molecule has 0 N–H and O–H groups in total. The summed E-state index contributed by atoms with van der Waals surface area (Å²) >= 11 is 6.09. The molecule has 4 aromatic rings. The number of halogens is 1. The summed E-state index contributed by atoms with van der Waals surface area (Å²) in [6.07, 6.45) is 1.98. The Hall–Kier alpha value is -3.51. The van der Waals surface area contributed by atoms with Gasteiger partial charge in [-0.3, -0.25) is 4.79 Å². The number of para-hydroxylation sites is 1. The van der Waals surface area contributed by atoms with Crippen LogP contribution in [0.3, 0.4) is 0 Å². The molecule has 0 aliphatic carbocycles. The lowest BCUT2D eigenvalue weighted by molar-refractivity contribution is 0.0737. The summed E-state index contributed by atoms with van der Waals surface area (Å²) in [5.41, 5.74) is 5.58. The number of amides is 1. The molecule has 0 spiro atoms. The zero-order chi connectivity index (χ0) is 22.9. The van der Waals surface area contributed by atoms with E-state index in [4.69, 9.17) is 16.7 Å². The number of rotatable bonds is 4. The molecule has 1 aliphatic rings. The fraction of sp³-hybridized carbons (Fsp3) is 0.231. The molecule has 7 heteroatoms. The van der Waals surface area contributed by atoms with Crippen LogP contribution in [0.15, 0.2) is 72.9 Å². The van der Waals surface area contributed by atoms with Crippen molar-refractivity contribution in [3.8, 4) is 17.1 Å². The summed E-state index contributed by atoms with van der Waals surface area (Å²) < 4.78 is 3.73. The first-order chi connectivity index (χ1) is 16.0. The molecule has 3 heterocycles. The van der Waals surface area contributed by atoms with Gasteiger partial charge in [0.25, 0.3) is 5.91 Å². The molecule has 0 bridgehead atoms. The maximum absolute atomic E-state index is 13.7. The molecule has 0 atom stereocenters. The number of hydrogen-bond acceptors (Lipinski definition) is 3. The predicted octanol–water partition coefficient (Wildman–Crippen LogP) is 4.80. The predicted molar refractivity (Wildman–Crippen MR) is 132 cm³/mol. The second-order valence-corrected chi connectivity index (χ2v) is 8.81. The highest BCUT2D eigenvalue weighted by molar-refractivity contribution is 6.30. The summed E-state index contributed by atoms with van der Waals surface area (Å²) in [6.45, 7) is 5.06. The SMILES string of the molecule is Cc1ccccc1N1CCN(C(=O)c2cc(-c3cccn3C)nn2-c2ccc(Cl)cc2)CC1. The van der Waals surface area contributed by atoms with E-state index in [1.54, 1.807) is 4.68 Å². The van der Waals surface area contributed by atoms with Gasteiger partial charge in [-0.25, -0.2) is 4.68 Å². The van der Waals surface area contributed by atoms with Gasteiger partial charge in [0.15, 0.2) is 0 Å². The monoisotopic (exact) mass is 459 g/mol. The number of hydrogen-bond donors (Lipinski definition) is 0. The van der Waals surface area contributed by atoms with Crippen LogP contribution in [0.2, 0.25) is 5.02 Å². The van der Waals surface area contributed by atoms with E-state index in [1.165, 1.54) is 11.3 Å². The number of nitrogens with zero attached hydrogens (tertiary/aromatic N) is 5. The van der Waals surface area contributed by atoms with Crippen LogP contribution in [-0.4, -0.2) is 51.3 Å². The van der Waals surface area contributed by atoms with Gasteiger partial charge in [-0.1, -0.05) is 29.8 Å². The third-order valence-corrected chi connectivity index (χ3v) is 6.48. The van der Waals surface area contributed by atoms with Crippen LogP contribution in [0.5, 0.6) is 0 Å². The Kier molecular flexibility index (Phi) is 5.68. The molecule has 0 saturated carbocycles. The van der Waals surface area contributed by atoms with Crippen LogP contribution in [-0.2, 0) is 7.05 Å². The fourth-order valence-corrected chi connectivity index (χ4v) is 4.52. The van der Waals surface area contributed by atoms with Gasteiger partial charge in [-0.05, 0) is 61.0 Å². The average molecular weight is 460 g/mol. The lowest BCUT2D eigenvalue weighted by Gasteiger charge is -2.36. The molecular formula is C26H26ClN5O.